The van der Waals surface area contributed by atoms with Crippen LogP contribution in [0.4, 0.5) is 0 Å². The summed E-state index contributed by atoms with van der Waals surface area (Å²) in [5.74, 6) is -0.351. The van der Waals surface area contributed by atoms with Crippen molar-refractivity contribution in [3.05, 3.63) is 27.5 Å². The fraction of sp³-hybridized carbons (Fsp3) is 0.125. The van der Waals surface area contributed by atoms with Gasteiger partial charge in [-0.3, -0.25) is 4.79 Å². The van der Waals surface area contributed by atoms with Gasteiger partial charge in [0.05, 0.1) is 16.1 Å². The molecule has 0 aromatic carbocycles. The normalized spacial score (nSPS) is 9.21. The van der Waals surface area contributed by atoms with Crippen LogP contribution in [0.5, 0.6) is 0 Å². The lowest BCUT2D eigenvalue weighted by Gasteiger charge is -2.01. The van der Waals surface area contributed by atoms with Crippen molar-refractivity contribution in [3.8, 4) is 6.07 Å². The second-order valence-electron chi connectivity index (χ2n) is 2.34. The minimum atomic E-state index is -0.351. The molecule has 1 aromatic rings. The lowest BCUT2D eigenvalue weighted by atomic mass is 10.3. The first kappa shape index (κ1) is 11.0. The first-order valence-electron chi connectivity index (χ1n) is 3.61. The summed E-state index contributed by atoms with van der Waals surface area (Å²) in [6, 6.07) is 3.35. The Morgan fingerprint density at radius 2 is 2.50 bits per heavy atom. The number of carbonyl (C=O) groups excluding carboxylic acids is 1. The van der Waals surface area contributed by atoms with Crippen molar-refractivity contribution in [2.24, 2.45) is 0 Å². The molecule has 1 N–H and O–H groups in total. The minimum absolute atomic E-state index is 0.0287. The number of hydrogen-bond donors (Lipinski definition) is 1. The zero-order valence-corrected chi connectivity index (χ0v) is 9.26. The number of aromatic nitrogens is 1. The van der Waals surface area contributed by atoms with Crippen LogP contribution in [0.15, 0.2) is 16.7 Å². The van der Waals surface area contributed by atoms with Gasteiger partial charge in [0, 0.05) is 6.20 Å². The average Bonchev–Trinajstić information content (AvgIpc) is 2.18. The molecular weight excluding hydrogens is 269 g/mol. The Balaban J connectivity index is 2.82. The summed E-state index contributed by atoms with van der Waals surface area (Å²) in [6.07, 6.45) is 1.35. The number of nitrogens with zero attached hydrogens (tertiary/aromatic N) is 2. The highest BCUT2D eigenvalue weighted by molar-refractivity contribution is 9.10. The predicted octanol–water partition coefficient (Wildman–Crippen LogP) is 1.75. The van der Waals surface area contributed by atoms with Crippen molar-refractivity contribution in [1.29, 1.82) is 5.26 Å². The van der Waals surface area contributed by atoms with E-state index < -0.39 is 0 Å². The van der Waals surface area contributed by atoms with Gasteiger partial charge in [-0.2, -0.15) is 5.26 Å². The van der Waals surface area contributed by atoms with Gasteiger partial charge in [0.15, 0.2) is 0 Å². The number of nitriles is 1. The molecule has 6 heteroatoms. The molecule has 0 fully saturated rings. The summed E-state index contributed by atoms with van der Waals surface area (Å²) in [4.78, 5) is 15.1. The Morgan fingerprint density at radius 3 is 3.07 bits per heavy atom. The van der Waals surface area contributed by atoms with Crippen LogP contribution in [0.3, 0.4) is 0 Å². The summed E-state index contributed by atoms with van der Waals surface area (Å²) in [7, 11) is 0. The lowest BCUT2D eigenvalue weighted by molar-refractivity contribution is 0.0958. The van der Waals surface area contributed by atoms with Gasteiger partial charge in [0.25, 0.3) is 5.91 Å². The highest BCUT2D eigenvalue weighted by Gasteiger charge is 2.07. The zero-order valence-electron chi connectivity index (χ0n) is 6.92. The Morgan fingerprint density at radius 1 is 1.79 bits per heavy atom. The number of pyridine rings is 1. The molecule has 0 saturated carbocycles. The SMILES string of the molecule is N#CCNC(=O)c1cnc(Cl)c(Br)c1. The third kappa shape index (κ3) is 2.69. The summed E-state index contributed by atoms with van der Waals surface area (Å²) in [5.41, 5.74) is 0.358. The summed E-state index contributed by atoms with van der Waals surface area (Å²) < 4.78 is 0.545. The van der Waals surface area contributed by atoms with E-state index in [0.29, 0.717) is 15.2 Å². The summed E-state index contributed by atoms with van der Waals surface area (Å²) in [5, 5.41) is 10.9. The standard InChI is InChI=1S/C8H5BrClN3O/c9-6-3-5(4-13-7(6)10)8(14)12-2-1-11/h3-4H,2H2,(H,12,14). The van der Waals surface area contributed by atoms with Crippen molar-refractivity contribution >= 4 is 33.4 Å². The molecule has 1 amide bonds. The minimum Gasteiger partial charge on any atom is -0.339 e. The fourth-order valence-electron chi connectivity index (χ4n) is 0.767. The van der Waals surface area contributed by atoms with Crippen LogP contribution >= 0.6 is 27.5 Å². The maximum absolute atomic E-state index is 11.3. The van der Waals surface area contributed by atoms with Gasteiger partial charge in [-0.25, -0.2) is 4.98 Å². The molecule has 4 nitrogen and oxygen atoms in total. The number of carbonyl (C=O) groups is 1. The van der Waals surface area contributed by atoms with Crippen LogP contribution in [-0.4, -0.2) is 17.4 Å². The predicted molar refractivity (Wildman–Crippen MR) is 54.9 cm³/mol. The molecule has 0 aliphatic rings. The quantitative estimate of drug-likeness (QED) is 0.660. The Hall–Kier alpha value is -1.12. The molecule has 0 atom stereocenters. The molecule has 1 rings (SSSR count). The molecule has 14 heavy (non-hydrogen) atoms. The first-order chi connectivity index (χ1) is 6.65. The van der Waals surface area contributed by atoms with Crippen molar-refractivity contribution in [2.45, 2.75) is 0 Å². The Labute approximate surface area is 94.0 Å². The molecule has 1 heterocycles. The van der Waals surface area contributed by atoms with Crippen LogP contribution in [0.1, 0.15) is 10.4 Å². The zero-order chi connectivity index (χ0) is 10.6. The number of hydrogen-bond acceptors (Lipinski definition) is 3. The molecule has 0 spiro atoms. The molecule has 1 aromatic heterocycles. The second kappa shape index (κ2) is 4.94. The van der Waals surface area contributed by atoms with Crippen LogP contribution in [0.2, 0.25) is 5.15 Å². The Bertz CT molecular complexity index is 402. The van der Waals surface area contributed by atoms with Gasteiger partial charge in [0.1, 0.15) is 11.7 Å². The van der Waals surface area contributed by atoms with Crippen LogP contribution in [-0.2, 0) is 0 Å². The Kier molecular flexibility index (Phi) is 3.86. The van der Waals surface area contributed by atoms with Gasteiger partial charge < -0.3 is 5.32 Å². The van der Waals surface area contributed by atoms with Crippen LogP contribution < -0.4 is 5.32 Å². The van der Waals surface area contributed by atoms with E-state index in [-0.39, 0.29) is 12.5 Å². The lowest BCUT2D eigenvalue weighted by Crippen LogP contribution is -2.23. The van der Waals surface area contributed by atoms with Gasteiger partial charge in [-0.05, 0) is 22.0 Å². The van der Waals surface area contributed by atoms with E-state index in [9.17, 15) is 4.79 Å². The van der Waals surface area contributed by atoms with Gasteiger partial charge in [-0.1, -0.05) is 11.6 Å². The van der Waals surface area contributed by atoms with E-state index in [1.807, 2.05) is 0 Å². The fourth-order valence-corrected chi connectivity index (χ4v) is 1.22. The largest absolute Gasteiger partial charge is 0.339 e. The maximum atomic E-state index is 11.3. The highest BCUT2D eigenvalue weighted by Crippen LogP contribution is 2.20. The van der Waals surface area contributed by atoms with Crippen LogP contribution in [0.25, 0.3) is 0 Å². The summed E-state index contributed by atoms with van der Waals surface area (Å²) >= 11 is 8.79. The van der Waals surface area contributed by atoms with Crippen molar-refractivity contribution in [2.75, 3.05) is 6.54 Å². The molecule has 0 aliphatic heterocycles. The van der Waals surface area contributed by atoms with E-state index in [0.717, 1.165) is 0 Å². The third-order valence-corrected chi connectivity index (χ3v) is 2.52. The summed E-state index contributed by atoms with van der Waals surface area (Å²) in [6.45, 7) is -0.0287. The number of amides is 1. The first-order valence-corrected chi connectivity index (χ1v) is 4.78. The molecule has 0 radical (unpaired) electrons. The van der Waals surface area contributed by atoms with E-state index in [2.05, 4.69) is 26.2 Å². The highest BCUT2D eigenvalue weighted by atomic mass is 79.9. The van der Waals surface area contributed by atoms with Crippen molar-refractivity contribution in [1.82, 2.24) is 10.3 Å². The van der Waals surface area contributed by atoms with Gasteiger partial charge in [0.2, 0.25) is 0 Å². The molecule has 0 saturated heterocycles. The van der Waals surface area contributed by atoms with Crippen LogP contribution in [0, 0.1) is 11.3 Å². The topological polar surface area (TPSA) is 65.8 Å². The van der Waals surface area contributed by atoms with Gasteiger partial charge in [-0.15, -0.1) is 0 Å². The maximum Gasteiger partial charge on any atom is 0.253 e. The van der Waals surface area contributed by atoms with E-state index in [1.165, 1.54) is 6.20 Å². The average molecular weight is 275 g/mol. The monoisotopic (exact) mass is 273 g/mol. The van der Waals surface area contributed by atoms with E-state index >= 15 is 0 Å². The second-order valence-corrected chi connectivity index (χ2v) is 3.55. The molecular formula is C8H5BrClN3O. The number of halogens is 2. The number of rotatable bonds is 2. The third-order valence-electron chi connectivity index (χ3n) is 1.39. The number of nitrogens with one attached hydrogen (secondary N) is 1. The smallest absolute Gasteiger partial charge is 0.253 e. The molecule has 0 aliphatic carbocycles. The molecule has 72 valence electrons. The van der Waals surface area contributed by atoms with Crippen molar-refractivity contribution in [3.63, 3.8) is 0 Å². The molecule has 0 bridgehead atoms. The van der Waals surface area contributed by atoms with E-state index in [1.54, 1.807) is 12.1 Å². The molecule has 0 unspecified atom stereocenters. The van der Waals surface area contributed by atoms with Gasteiger partial charge >= 0.3 is 0 Å². The van der Waals surface area contributed by atoms with E-state index in [4.69, 9.17) is 16.9 Å². The van der Waals surface area contributed by atoms with Crippen molar-refractivity contribution < 1.29 is 4.79 Å².